The van der Waals surface area contributed by atoms with Crippen LogP contribution in [0.2, 0.25) is 0 Å². The van der Waals surface area contributed by atoms with Gasteiger partial charge in [0.2, 0.25) is 0 Å². The van der Waals surface area contributed by atoms with Crippen molar-refractivity contribution in [2.45, 2.75) is 12.7 Å². The van der Waals surface area contributed by atoms with Gasteiger partial charge in [-0.3, -0.25) is 0 Å². The summed E-state index contributed by atoms with van der Waals surface area (Å²) >= 11 is 1.50. The number of rotatable bonds is 3. The summed E-state index contributed by atoms with van der Waals surface area (Å²) in [5, 5.41) is 3.16. The molecule has 99 valence electrons. The van der Waals surface area contributed by atoms with Crippen molar-refractivity contribution in [3.05, 3.63) is 59.7 Å². The molecule has 1 atom stereocenters. The van der Waals surface area contributed by atoms with Gasteiger partial charge in [0.15, 0.2) is 0 Å². The molecule has 1 nitrogen and oxygen atoms in total. The molecule has 2 rings (SSSR count). The molecule has 0 spiro atoms. The van der Waals surface area contributed by atoms with Crippen molar-refractivity contribution < 1.29 is 13.2 Å². The zero-order valence-corrected chi connectivity index (χ0v) is 12.4. The number of hydrogen-bond acceptors (Lipinski definition) is 1. The third-order valence-electron chi connectivity index (χ3n) is 2.59. The molecule has 1 unspecified atom stereocenters. The van der Waals surface area contributed by atoms with E-state index in [1.54, 1.807) is 0 Å². The van der Waals surface area contributed by atoms with Gasteiger partial charge in [0.25, 0.3) is 0 Å². The van der Waals surface area contributed by atoms with Crippen molar-refractivity contribution in [1.29, 1.82) is 0 Å². The molecule has 1 N–H and O–H groups in total. The van der Waals surface area contributed by atoms with Gasteiger partial charge in [-0.15, -0.1) is 0 Å². The summed E-state index contributed by atoms with van der Waals surface area (Å²) in [5.74, 6) is 0. The monoisotopic (exact) mass is 326 g/mol. The number of benzene rings is 2. The average molecular weight is 326 g/mol. The molecule has 0 aromatic heterocycles. The van der Waals surface area contributed by atoms with Crippen molar-refractivity contribution in [2.24, 2.45) is 0 Å². The van der Waals surface area contributed by atoms with Crippen LogP contribution < -0.4 is 9.67 Å². The summed E-state index contributed by atoms with van der Waals surface area (Å²) in [6.07, 6.45) is -4.28. The van der Waals surface area contributed by atoms with E-state index in [0.29, 0.717) is 6.54 Å². The van der Waals surface area contributed by atoms with Gasteiger partial charge in [0.05, 0.1) is 0 Å². The maximum absolute atomic E-state index is 12.4. The maximum atomic E-state index is 12.4. The minimum atomic E-state index is -4.28. The van der Waals surface area contributed by atoms with Crippen LogP contribution in [0.4, 0.5) is 18.9 Å². The molecular formula is C14H12AsF3N. The van der Waals surface area contributed by atoms with Gasteiger partial charge in [-0.1, -0.05) is 0 Å². The first-order chi connectivity index (χ1) is 8.95. The third-order valence-corrected chi connectivity index (χ3v) is 3.29. The third kappa shape index (κ3) is 4.03. The second kappa shape index (κ2) is 5.70. The fraction of sp³-hybridized carbons (Fsp3) is 0.143. The number of halogens is 3. The van der Waals surface area contributed by atoms with E-state index in [1.165, 1.54) is 29.0 Å². The summed E-state index contributed by atoms with van der Waals surface area (Å²) in [4.78, 5) is 0. The first-order valence-electron chi connectivity index (χ1n) is 5.62. The Balaban J connectivity index is 2.01. The van der Waals surface area contributed by atoms with E-state index < -0.39 is 11.7 Å². The molecule has 0 fully saturated rings. The Morgan fingerprint density at radius 3 is 2.37 bits per heavy atom. The van der Waals surface area contributed by atoms with E-state index >= 15 is 0 Å². The molecule has 2 aromatic carbocycles. The molecule has 5 heteroatoms. The molecule has 2 aromatic rings. The van der Waals surface area contributed by atoms with Crippen LogP contribution in [-0.2, 0) is 12.7 Å². The number of anilines is 1. The zero-order valence-electron chi connectivity index (χ0n) is 9.96. The second-order valence-corrected chi connectivity index (χ2v) is 5.50. The Hall–Kier alpha value is -1.41. The molecular weight excluding hydrogens is 314 g/mol. The van der Waals surface area contributed by atoms with Gasteiger partial charge in [-0.05, 0) is 0 Å². The van der Waals surface area contributed by atoms with Crippen LogP contribution in [0, 0.1) is 6.07 Å². The van der Waals surface area contributed by atoms with E-state index in [1.807, 2.05) is 18.2 Å². The number of alkyl halides is 3. The Morgan fingerprint density at radius 2 is 1.79 bits per heavy atom. The predicted molar refractivity (Wildman–Crippen MR) is 72.2 cm³/mol. The second-order valence-electron chi connectivity index (χ2n) is 4.10. The summed E-state index contributed by atoms with van der Waals surface area (Å²) in [6, 6.07) is 13.9. The van der Waals surface area contributed by atoms with E-state index in [9.17, 15) is 13.2 Å². The van der Waals surface area contributed by atoms with Gasteiger partial charge >= 0.3 is 118 Å². The van der Waals surface area contributed by atoms with Crippen LogP contribution in [0.3, 0.4) is 0 Å². The molecule has 19 heavy (non-hydrogen) atoms. The summed E-state index contributed by atoms with van der Waals surface area (Å²) in [5.41, 5.74) is 1.10. The van der Waals surface area contributed by atoms with Crippen molar-refractivity contribution in [3.63, 3.8) is 0 Å². The van der Waals surface area contributed by atoms with Gasteiger partial charge in [-0.25, -0.2) is 0 Å². The van der Waals surface area contributed by atoms with Crippen LogP contribution in [0.25, 0.3) is 0 Å². The quantitative estimate of drug-likeness (QED) is 0.854. The standard InChI is InChI=1S/C14H12AsF3N/c15-12-2-1-3-13(8-12)19-9-10-4-6-11(7-5-10)14(16,17)18/h2-8,19H,9,15H2. The topological polar surface area (TPSA) is 12.0 Å². The van der Waals surface area contributed by atoms with Gasteiger partial charge in [-0.2, -0.15) is 0 Å². The zero-order chi connectivity index (χ0) is 13.9. The fourth-order valence-electron chi connectivity index (χ4n) is 1.61. The predicted octanol–water partition coefficient (Wildman–Crippen LogP) is 2.38. The molecule has 0 aliphatic heterocycles. The first kappa shape index (κ1) is 14.0. The molecule has 0 bridgehead atoms. The number of hydrogen-bond donors (Lipinski definition) is 1. The molecule has 0 saturated carbocycles. The van der Waals surface area contributed by atoms with Crippen molar-refractivity contribution in [3.8, 4) is 0 Å². The van der Waals surface area contributed by atoms with Gasteiger partial charge < -0.3 is 0 Å². The SMILES string of the molecule is FC(F)(F)c1ccc(CNc2c[c]cc([AsH2])c2)cc1. The molecule has 0 saturated heterocycles. The van der Waals surface area contributed by atoms with Crippen LogP contribution in [0.15, 0.2) is 42.5 Å². The Bertz CT molecular complexity index is 549. The van der Waals surface area contributed by atoms with Crippen molar-refractivity contribution in [1.82, 2.24) is 0 Å². The summed E-state index contributed by atoms with van der Waals surface area (Å²) in [7, 11) is 0. The molecule has 0 aliphatic rings. The fourth-order valence-corrected chi connectivity index (χ4v) is 2.19. The van der Waals surface area contributed by atoms with E-state index in [4.69, 9.17) is 0 Å². The first-order valence-corrected chi connectivity index (χ1v) is 6.83. The molecule has 0 heterocycles. The Morgan fingerprint density at radius 1 is 1.11 bits per heavy atom. The van der Waals surface area contributed by atoms with Crippen molar-refractivity contribution in [2.75, 3.05) is 5.32 Å². The van der Waals surface area contributed by atoms with Crippen LogP contribution in [-0.4, -0.2) is 16.9 Å². The van der Waals surface area contributed by atoms with Gasteiger partial charge in [0, 0.05) is 0 Å². The Kier molecular flexibility index (Phi) is 4.20. The average Bonchev–Trinajstić information content (AvgIpc) is 2.36. The number of nitrogens with one attached hydrogen (secondary N) is 1. The Labute approximate surface area is 118 Å². The van der Waals surface area contributed by atoms with Crippen LogP contribution >= 0.6 is 0 Å². The summed E-state index contributed by atoms with van der Waals surface area (Å²) in [6.45, 7) is 0.489. The van der Waals surface area contributed by atoms with E-state index in [0.717, 1.165) is 27.7 Å². The normalized spacial score (nSPS) is 11.4. The molecule has 0 amide bonds. The molecule has 0 aliphatic carbocycles. The van der Waals surface area contributed by atoms with E-state index in [-0.39, 0.29) is 0 Å². The summed E-state index contributed by atoms with van der Waals surface area (Å²) < 4.78 is 38.3. The van der Waals surface area contributed by atoms with Crippen LogP contribution in [0.1, 0.15) is 11.1 Å². The molecule has 1 radical (unpaired) electrons. The van der Waals surface area contributed by atoms with E-state index in [2.05, 4.69) is 11.4 Å². The van der Waals surface area contributed by atoms with Crippen molar-refractivity contribution >= 4 is 26.9 Å². The van der Waals surface area contributed by atoms with Gasteiger partial charge in [0.1, 0.15) is 0 Å². The van der Waals surface area contributed by atoms with Crippen LogP contribution in [0.5, 0.6) is 0 Å². The minimum absolute atomic E-state index is 0.489.